The minimum Gasteiger partial charge on any atom is -0.497 e. The zero-order valence-electron chi connectivity index (χ0n) is 13.9. The molecule has 3 aromatic rings. The quantitative estimate of drug-likeness (QED) is 0.535. The lowest BCUT2D eigenvalue weighted by atomic mass is 10.2. The van der Waals surface area contributed by atoms with Crippen molar-refractivity contribution in [2.75, 3.05) is 7.11 Å². The molecule has 0 spiro atoms. The van der Waals surface area contributed by atoms with E-state index in [0.717, 1.165) is 33.3 Å². The summed E-state index contributed by atoms with van der Waals surface area (Å²) >= 11 is 5.89. The summed E-state index contributed by atoms with van der Waals surface area (Å²) in [7, 11) is 1.65. The molecule has 3 aromatic carbocycles. The Morgan fingerprint density at radius 3 is 2.40 bits per heavy atom. The van der Waals surface area contributed by atoms with Crippen LogP contribution in [0.5, 0.6) is 11.5 Å². The van der Waals surface area contributed by atoms with Crippen LogP contribution in [-0.4, -0.2) is 13.3 Å². The Morgan fingerprint density at radius 1 is 0.920 bits per heavy atom. The van der Waals surface area contributed by atoms with Gasteiger partial charge in [-0.15, -0.1) is 0 Å². The van der Waals surface area contributed by atoms with Crippen molar-refractivity contribution in [1.29, 1.82) is 0 Å². The van der Waals surface area contributed by atoms with Crippen LogP contribution in [0.4, 0.5) is 5.69 Å². The Balaban J connectivity index is 1.64. The standard InChI is InChI=1S/C21H18ClNO2/c1-24-20-11-9-19(10-12-20)23-14-17-3-2-4-21(13-17)25-15-16-5-7-18(22)8-6-16/h2-14H,15H2,1H3. The van der Waals surface area contributed by atoms with Crippen molar-refractivity contribution in [2.24, 2.45) is 4.99 Å². The lowest BCUT2D eigenvalue weighted by molar-refractivity contribution is 0.306. The van der Waals surface area contributed by atoms with E-state index in [-0.39, 0.29) is 0 Å². The molecule has 0 saturated carbocycles. The number of aliphatic imine (C=N–C) groups is 1. The molecule has 0 aromatic heterocycles. The molecule has 0 saturated heterocycles. The van der Waals surface area contributed by atoms with Gasteiger partial charge >= 0.3 is 0 Å². The predicted octanol–water partition coefficient (Wildman–Crippen LogP) is 5.68. The van der Waals surface area contributed by atoms with Crippen LogP contribution in [0, 0.1) is 0 Å². The van der Waals surface area contributed by atoms with Gasteiger partial charge in [0.1, 0.15) is 18.1 Å². The minimum atomic E-state index is 0.496. The monoisotopic (exact) mass is 351 g/mol. The van der Waals surface area contributed by atoms with Crippen molar-refractivity contribution in [3.63, 3.8) is 0 Å². The van der Waals surface area contributed by atoms with Gasteiger partial charge in [-0.05, 0) is 59.7 Å². The van der Waals surface area contributed by atoms with Crippen LogP contribution in [0.15, 0.2) is 77.8 Å². The van der Waals surface area contributed by atoms with Crippen LogP contribution >= 0.6 is 11.6 Å². The van der Waals surface area contributed by atoms with E-state index >= 15 is 0 Å². The number of benzene rings is 3. The van der Waals surface area contributed by atoms with Crippen LogP contribution in [0.2, 0.25) is 5.02 Å². The van der Waals surface area contributed by atoms with Gasteiger partial charge in [0, 0.05) is 11.2 Å². The first-order chi connectivity index (χ1) is 12.2. The molecule has 3 rings (SSSR count). The average molecular weight is 352 g/mol. The second kappa shape index (κ2) is 8.36. The molecule has 0 heterocycles. The van der Waals surface area contributed by atoms with E-state index in [9.17, 15) is 0 Å². The summed E-state index contributed by atoms with van der Waals surface area (Å²) in [5, 5.41) is 0.723. The normalized spacial score (nSPS) is 10.8. The van der Waals surface area contributed by atoms with Crippen molar-refractivity contribution in [3.05, 3.63) is 88.9 Å². The Bertz CT molecular complexity index is 843. The van der Waals surface area contributed by atoms with E-state index in [1.54, 1.807) is 7.11 Å². The Hall–Kier alpha value is -2.78. The van der Waals surface area contributed by atoms with E-state index in [1.807, 2.05) is 79.0 Å². The highest BCUT2D eigenvalue weighted by atomic mass is 35.5. The van der Waals surface area contributed by atoms with E-state index in [0.29, 0.717) is 6.61 Å². The second-order valence-electron chi connectivity index (χ2n) is 5.44. The summed E-state index contributed by atoms with van der Waals surface area (Å²) in [5.41, 5.74) is 2.92. The van der Waals surface area contributed by atoms with Crippen molar-refractivity contribution >= 4 is 23.5 Å². The van der Waals surface area contributed by atoms with Gasteiger partial charge in [-0.1, -0.05) is 35.9 Å². The number of methoxy groups -OCH3 is 1. The lowest BCUT2D eigenvalue weighted by Crippen LogP contribution is -1.95. The van der Waals surface area contributed by atoms with Crippen LogP contribution in [-0.2, 0) is 6.61 Å². The predicted molar refractivity (Wildman–Crippen MR) is 102 cm³/mol. The van der Waals surface area contributed by atoms with Gasteiger partial charge in [0.15, 0.2) is 0 Å². The van der Waals surface area contributed by atoms with Crippen LogP contribution in [0.25, 0.3) is 0 Å². The van der Waals surface area contributed by atoms with Gasteiger partial charge in [-0.2, -0.15) is 0 Å². The summed E-state index contributed by atoms with van der Waals surface area (Å²) in [6.45, 7) is 0.496. The molecule has 3 nitrogen and oxygen atoms in total. The van der Waals surface area contributed by atoms with Crippen LogP contribution in [0.1, 0.15) is 11.1 Å². The number of nitrogens with zero attached hydrogens (tertiary/aromatic N) is 1. The molecular weight excluding hydrogens is 334 g/mol. The third kappa shape index (κ3) is 5.10. The zero-order valence-corrected chi connectivity index (χ0v) is 14.6. The molecule has 126 valence electrons. The Kier molecular flexibility index (Phi) is 5.70. The number of ether oxygens (including phenoxy) is 2. The summed E-state index contributed by atoms with van der Waals surface area (Å²) < 4.78 is 11.0. The highest BCUT2D eigenvalue weighted by Gasteiger charge is 1.98. The molecule has 0 N–H and O–H groups in total. The molecule has 0 unspecified atom stereocenters. The molecule has 0 aliphatic carbocycles. The van der Waals surface area contributed by atoms with E-state index in [4.69, 9.17) is 21.1 Å². The fraction of sp³-hybridized carbons (Fsp3) is 0.0952. The molecule has 0 aliphatic heterocycles. The minimum absolute atomic E-state index is 0.496. The summed E-state index contributed by atoms with van der Waals surface area (Å²) in [4.78, 5) is 4.47. The first kappa shape index (κ1) is 17.1. The Labute approximate surface area is 152 Å². The number of hydrogen-bond donors (Lipinski definition) is 0. The molecule has 4 heteroatoms. The third-order valence-corrected chi connectivity index (χ3v) is 3.86. The maximum Gasteiger partial charge on any atom is 0.120 e. The summed E-state index contributed by atoms with van der Waals surface area (Å²) in [6, 6.07) is 23.1. The number of halogens is 1. The smallest absolute Gasteiger partial charge is 0.120 e. The lowest BCUT2D eigenvalue weighted by Gasteiger charge is -2.07. The van der Waals surface area contributed by atoms with Crippen LogP contribution < -0.4 is 9.47 Å². The first-order valence-electron chi connectivity index (χ1n) is 7.88. The number of rotatable bonds is 6. The van der Waals surface area contributed by atoms with Crippen molar-refractivity contribution < 1.29 is 9.47 Å². The zero-order chi connectivity index (χ0) is 17.5. The summed E-state index contributed by atoms with van der Waals surface area (Å²) in [6.07, 6.45) is 1.82. The van der Waals surface area contributed by atoms with Crippen molar-refractivity contribution in [2.45, 2.75) is 6.61 Å². The second-order valence-corrected chi connectivity index (χ2v) is 5.88. The summed E-state index contributed by atoms with van der Waals surface area (Å²) in [5.74, 6) is 1.62. The van der Waals surface area contributed by atoms with Gasteiger partial charge in [0.05, 0.1) is 12.8 Å². The molecule has 0 aliphatic rings. The van der Waals surface area contributed by atoms with Gasteiger partial charge < -0.3 is 9.47 Å². The van der Waals surface area contributed by atoms with E-state index < -0.39 is 0 Å². The van der Waals surface area contributed by atoms with Gasteiger partial charge in [-0.3, -0.25) is 4.99 Å². The van der Waals surface area contributed by atoms with Gasteiger partial charge in [0.2, 0.25) is 0 Å². The van der Waals surface area contributed by atoms with Gasteiger partial charge in [-0.25, -0.2) is 0 Å². The largest absolute Gasteiger partial charge is 0.497 e. The fourth-order valence-corrected chi connectivity index (χ4v) is 2.38. The van der Waals surface area contributed by atoms with Crippen molar-refractivity contribution in [1.82, 2.24) is 0 Å². The van der Waals surface area contributed by atoms with Crippen molar-refractivity contribution in [3.8, 4) is 11.5 Å². The fourth-order valence-electron chi connectivity index (χ4n) is 2.25. The molecule has 25 heavy (non-hydrogen) atoms. The highest BCUT2D eigenvalue weighted by Crippen LogP contribution is 2.19. The molecule has 0 atom stereocenters. The third-order valence-electron chi connectivity index (χ3n) is 3.61. The average Bonchev–Trinajstić information content (AvgIpc) is 2.67. The SMILES string of the molecule is COc1ccc(N=Cc2cccc(OCc3ccc(Cl)cc3)c2)cc1. The van der Waals surface area contributed by atoms with Crippen LogP contribution in [0.3, 0.4) is 0 Å². The van der Waals surface area contributed by atoms with Gasteiger partial charge in [0.25, 0.3) is 0 Å². The van der Waals surface area contributed by atoms with E-state index in [1.165, 1.54) is 0 Å². The highest BCUT2D eigenvalue weighted by molar-refractivity contribution is 6.30. The van der Waals surface area contributed by atoms with E-state index in [2.05, 4.69) is 4.99 Å². The molecule has 0 radical (unpaired) electrons. The maximum absolute atomic E-state index is 5.89. The maximum atomic E-state index is 5.89. The molecule has 0 bridgehead atoms. The topological polar surface area (TPSA) is 30.8 Å². The molecular formula is C21H18ClNO2. The number of hydrogen-bond acceptors (Lipinski definition) is 3. The Morgan fingerprint density at radius 2 is 1.68 bits per heavy atom. The first-order valence-corrected chi connectivity index (χ1v) is 8.26. The molecule has 0 fully saturated rings. The molecule has 0 amide bonds.